The van der Waals surface area contributed by atoms with Crippen molar-refractivity contribution >= 4 is 17.3 Å². The van der Waals surface area contributed by atoms with Gasteiger partial charge >= 0.3 is 6.18 Å². The van der Waals surface area contributed by atoms with Crippen LogP contribution < -0.4 is 15.8 Å². The predicted molar refractivity (Wildman–Crippen MR) is 97.1 cm³/mol. The van der Waals surface area contributed by atoms with Crippen LogP contribution >= 0.6 is 0 Å². The van der Waals surface area contributed by atoms with Crippen molar-refractivity contribution < 1.29 is 18.0 Å². The molecule has 0 spiro atoms. The number of hydrogen-bond acceptors (Lipinski definition) is 4. The van der Waals surface area contributed by atoms with Crippen LogP contribution in [0.3, 0.4) is 0 Å². The largest absolute Gasteiger partial charge is 0.416 e. The van der Waals surface area contributed by atoms with Crippen LogP contribution in [0.5, 0.6) is 0 Å². The number of nitrogens with zero attached hydrogens (tertiary/aromatic N) is 3. The van der Waals surface area contributed by atoms with E-state index in [4.69, 9.17) is 0 Å². The van der Waals surface area contributed by atoms with Crippen molar-refractivity contribution in [2.45, 2.75) is 32.5 Å². The van der Waals surface area contributed by atoms with Gasteiger partial charge in [-0.15, -0.1) is 0 Å². The molecule has 0 atom stereocenters. The fraction of sp³-hybridized carbons (Fsp3) is 0.389. The number of hydrogen-bond donors (Lipinski definition) is 1. The molecule has 6 nitrogen and oxygen atoms in total. The number of carbonyl (C=O) groups is 1. The molecule has 1 amide bonds. The molecule has 9 heteroatoms. The van der Waals surface area contributed by atoms with Crippen molar-refractivity contribution in [2.24, 2.45) is 0 Å². The van der Waals surface area contributed by atoms with Crippen molar-refractivity contribution in [3.8, 4) is 0 Å². The highest BCUT2D eigenvalue weighted by molar-refractivity contribution is 6.04. The van der Waals surface area contributed by atoms with Gasteiger partial charge in [0, 0.05) is 26.7 Å². The normalized spacial score (nSPS) is 11.3. The minimum absolute atomic E-state index is 0.00735. The number of alkyl halides is 3. The van der Waals surface area contributed by atoms with Gasteiger partial charge < -0.3 is 10.2 Å². The third-order valence-corrected chi connectivity index (χ3v) is 3.88. The lowest BCUT2D eigenvalue weighted by molar-refractivity contribution is -0.137. The molecule has 0 fully saturated rings. The molecule has 0 aliphatic heterocycles. The highest BCUT2D eigenvalue weighted by Crippen LogP contribution is 2.35. The quantitative estimate of drug-likeness (QED) is 0.832. The summed E-state index contributed by atoms with van der Waals surface area (Å²) in [5.41, 5.74) is -0.839. The second-order valence-electron chi connectivity index (χ2n) is 6.21. The molecule has 1 aromatic heterocycles. The van der Waals surface area contributed by atoms with Crippen LogP contribution in [-0.2, 0) is 12.7 Å². The van der Waals surface area contributed by atoms with E-state index in [1.165, 1.54) is 22.9 Å². The Bertz CT molecular complexity index is 876. The smallest absolute Gasteiger partial charge is 0.376 e. The summed E-state index contributed by atoms with van der Waals surface area (Å²) in [6.45, 7) is 2.32. The average molecular weight is 382 g/mol. The van der Waals surface area contributed by atoms with Crippen LogP contribution in [0.15, 0.2) is 35.1 Å². The zero-order valence-corrected chi connectivity index (χ0v) is 15.3. The van der Waals surface area contributed by atoms with Crippen LogP contribution in [0, 0.1) is 0 Å². The van der Waals surface area contributed by atoms with E-state index in [1.54, 1.807) is 19.0 Å². The third kappa shape index (κ3) is 5.08. The molecular formula is C18H21F3N4O2. The minimum Gasteiger partial charge on any atom is -0.376 e. The molecule has 2 rings (SSSR count). The fourth-order valence-electron chi connectivity index (χ4n) is 2.43. The molecular weight excluding hydrogens is 361 g/mol. The Morgan fingerprint density at radius 2 is 1.93 bits per heavy atom. The maximum atomic E-state index is 13.0. The van der Waals surface area contributed by atoms with E-state index in [1.807, 2.05) is 6.92 Å². The number of carbonyl (C=O) groups excluding carboxylic acids is 1. The Kier molecular flexibility index (Phi) is 6.24. The molecule has 1 aromatic carbocycles. The molecule has 0 saturated heterocycles. The number of rotatable bonds is 6. The SMILES string of the molecule is CCCCn1nc(C(=O)Nc2cc(C(F)(F)F)ccc2N(C)C)ccc1=O. The van der Waals surface area contributed by atoms with E-state index in [2.05, 4.69) is 10.4 Å². The summed E-state index contributed by atoms with van der Waals surface area (Å²) >= 11 is 0. The number of benzene rings is 1. The average Bonchev–Trinajstić information content (AvgIpc) is 2.59. The standard InChI is InChI=1S/C18H21F3N4O2/c1-4-5-10-25-16(26)9-7-13(23-25)17(27)22-14-11-12(18(19,20)21)6-8-15(14)24(2)3/h6-9,11H,4-5,10H2,1-3H3,(H,22,27). The maximum absolute atomic E-state index is 13.0. The minimum atomic E-state index is -4.53. The second kappa shape index (κ2) is 8.24. The second-order valence-corrected chi connectivity index (χ2v) is 6.21. The van der Waals surface area contributed by atoms with E-state index in [9.17, 15) is 22.8 Å². The predicted octanol–water partition coefficient (Wildman–Crippen LogP) is 3.38. The van der Waals surface area contributed by atoms with Gasteiger partial charge in [0.2, 0.25) is 0 Å². The van der Waals surface area contributed by atoms with Gasteiger partial charge in [-0.2, -0.15) is 18.3 Å². The number of aryl methyl sites for hydroxylation is 1. The summed E-state index contributed by atoms with van der Waals surface area (Å²) in [6.07, 6.45) is -2.96. The van der Waals surface area contributed by atoms with Crippen LogP contribution in [0.2, 0.25) is 0 Å². The Labute approximate surface area is 154 Å². The lowest BCUT2D eigenvalue weighted by atomic mass is 10.1. The van der Waals surface area contributed by atoms with Crippen molar-refractivity contribution in [3.05, 3.63) is 51.9 Å². The number of halogens is 3. The third-order valence-electron chi connectivity index (χ3n) is 3.88. The summed E-state index contributed by atoms with van der Waals surface area (Å²) in [4.78, 5) is 25.9. The number of anilines is 2. The van der Waals surface area contributed by atoms with E-state index in [-0.39, 0.29) is 16.9 Å². The zero-order chi connectivity index (χ0) is 20.2. The first-order valence-corrected chi connectivity index (χ1v) is 8.41. The van der Waals surface area contributed by atoms with Crippen molar-refractivity contribution in [1.82, 2.24) is 9.78 Å². The lowest BCUT2D eigenvalue weighted by Gasteiger charge is -2.19. The lowest BCUT2D eigenvalue weighted by Crippen LogP contribution is -2.26. The Balaban J connectivity index is 2.35. The van der Waals surface area contributed by atoms with Crippen molar-refractivity contribution in [3.63, 3.8) is 0 Å². The molecule has 2 aromatic rings. The summed E-state index contributed by atoms with van der Waals surface area (Å²) < 4.78 is 40.2. The Hall–Kier alpha value is -2.84. The van der Waals surface area contributed by atoms with Gasteiger partial charge in [-0.25, -0.2) is 4.68 Å². The van der Waals surface area contributed by atoms with Gasteiger partial charge in [0.05, 0.1) is 16.9 Å². The summed E-state index contributed by atoms with van der Waals surface area (Å²) in [5.74, 6) is -0.692. The van der Waals surface area contributed by atoms with Crippen LogP contribution in [0.1, 0.15) is 35.8 Å². The highest BCUT2D eigenvalue weighted by Gasteiger charge is 2.31. The van der Waals surface area contributed by atoms with Crippen LogP contribution in [0.25, 0.3) is 0 Å². The molecule has 0 unspecified atom stereocenters. The highest BCUT2D eigenvalue weighted by atomic mass is 19.4. The number of amides is 1. The summed E-state index contributed by atoms with van der Waals surface area (Å²) in [6, 6.07) is 5.59. The van der Waals surface area contributed by atoms with E-state index in [0.29, 0.717) is 12.2 Å². The number of unbranched alkanes of at least 4 members (excludes halogenated alkanes) is 1. The molecule has 1 heterocycles. The molecule has 146 valence electrons. The molecule has 0 aliphatic rings. The monoisotopic (exact) mass is 382 g/mol. The first kappa shape index (κ1) is 20.5. The van der Waals surface area contributed by atoms with Gasteiger partial charge in [0.1, 0.15) is 5.69 Å². The Morgan fingerprint density at radius 3 is 2.52 bits per heavy atom. The molecule has 1 N–H and O–H groups in total. The van der Waals surface area contributed by atoms with Gasteiger partial charge in [0.25, 0.3) is 11.5 Å². The molecule has 0 radical (unpaired) electrons. The van der Waals surface area contributed by atoms with Gasteiger partial charge in [-0.1, -0.05) is 13.3 Å². The first-order chi connectivity index (χ1) is 12.6. The maximum Gasteiger partial charge on any atom is 0.416 e. The fourth-order valence-corrected chi connectivity index (χ4v) is 2.43. The van der Waals surface area contributed by atoms with Gasteiger partial charge in [0.15, 0.2) is 0 Å². The molecule has 0 saturated carbocycles. The topological polar surface area (TPSA) is 67.2 Å². The van der Waals surface area contributed by atoms with Gasteiger partial charge in [-0.3, -0.25) is 9.59 Å². The first-order valence-electron chi connectivity index (χ1n) is 8.41. The van der Waals surface area contributed by atoms with E-state index < -0.39 is 17.6 Å². The van der Waals surface area contributed by atoms with Crippen molar-refractivity contribution in [1.29, 1.82) is 0 Å². The molecule has 0 bridgehead atoms. The van der Waals surface area contributed by atoms with E-state index >= 15 is 0 Å². The van der Waals surface area contributed by atoms with E-state index in [0.717, 1.165) is 25.0 Å². The summed E-state index contributed by atoms with van der Waals surface area (Å²) in [5, 5.41) is 6.47. The molecule has 0 aliphatic carbocycles. The van der Waals surface area contributed by atoms with Gasteiger partial charge in [-0.05, 0) is 30.7 Å². The summed E-state index contributed by atoms with van der Waals surface area (Å²) in [7, 11) is 3.31. The van der Waals surface area contributed by atoms with Crippen molar-refractivity contribution in [2.75, 3.05) is 24.3 Å². The van der Waals surface area contributed by atoms with Crippen LogP contribution in [-0.4, -0.2) is 29.8 Å². The Morgan fingerprint density at radius 1 is 1.22 bits per heavy atom. The number of nitrogens with one attached hydrogen (secondary N) is 1. The number of aromatic nitrogens is 2. The zero-order valence-electron chi connectivity index (χ0n) is 15.3. The van der Waals surface area contributed by atoms with Crippen LogP contribution in [0.4, 0.5) is 24.5 Å². The molecule has 27 heavy (non-hydrogen) atoms.